The van der Waals surface area contributed by atoms with Gasteiger partial charge in [-0.1, -0.05) is 188 Å². The smallest absolute Gasteiger partial charge is 0.0525 e. The molecule has 0 aliphatic rings. The average molecular weight is 727 g/mol. The maximum atomic E-state index is 2.49. The van der Waals surface area contributed by atoms with Crippen LogP contribution in [0.3, 0.4) is 0 Å². The summed E-state index contributed by atoms with van der Waals surface area (Å²) in [5.74, 6) is 0. The van der Waals surface area contributed by atoms with E-state index in [0.29, 0.717) is 0 Å². The van der Waals surface area contributed by atoms with Crippen LogP contribution in [0.1, 0.15) is 0 Å². The van der Waals surface area contributed by atoms with Crippen molar-refractivity contribution in [3.05, 3.63) is 200 Å². The van der Waals surface area contributed by atoms with Crippen LogP contribution in [0.5, 0.6) is 0 Å². The fraction of sp³-hybridized carbons (Fsp3) is 0.0182. The number of benzene rings is 11. The molecule has 11 aromatic carbocycles. The van der Waals surface area contributed by atoms with Gasteiger partial charge in [-0.2, -0.15) is 0 Å². The van der Waals surface area contributed by atoms with Crippen LogP contribution in [0.4, 0.5) is 0 Å². The van der Waals surface area contributed by atoms with E-state index < -0.39 is 9.52 Å². The molecule has 0 saturated carbocycles. The zero-order valence-corrected chi connectivity index (χ0v) is 32.7. The van der Waals surface area contributed by atoms with Gasteiger partial charge in [0.25, 0.3) is 0 Å². The molecule has 0 unspecified atom stereocenters. The van der Waals surface area contributed by atoms with Crippen LogP contribution in [0.25, 0.3) is 109 Å². The lowest BCUT2D eigenvalue weighted by Crippen LogP contribution is -2.14. The quantitative estimate of drug-likeness (QED) is 0.0941. The fourth-order valence-electron chi connectivity index (χ4n) is 9.29. The van der Waals surface area contributed by atoms with Gasteiger partial charge in [0.2, 0.25) is 0 Å². The molecule has 11 rings (SSSR count). The van der Waals surface area contributed by atoms with E-state index >= 15 is 0 Å². The minimum atomic E-state index is -0.539. The second-order valence-electron chi connectivity index (χ2n) is 15.1. The predicted molar refractivity (Wildman–Crippen MR) is 247 cm³/mol. The van der Waals surface area contributed by atoms with Gasteiger partial charge in [0, 0.05) is 0 Å². The lowest BCUT2D eigenvalue weighted by Gasteiger charge is -2.20. The van der Waals surface area contributed by atoms with Crippen LogP contribution in [0.15, 0.2) is 200 Å². The Bertz CT molecular complexity index is 3350. The van der Waals surface area contributed by atoms with Crippen LogP contribution in [-0.2, 0) is 0 Å². The maximum Gasteiger partial charge on any atom is 0.0525 e. The van der Waals surface area contributed by atoms with Crippen molar-refractivity contribution in [2.75, 3.05) is 0 Å². The van der Waals surface area contributed by atoms with Crippen LogP contribution >= 0.6 is 0 Å². The highest BCUT2D eigenvalue weighted by Crippen LogP contribution is 2.46. The fourth-order valence-corrected chi connectivity index (χ4v) is 10.4. The van der Waals surface area contributed by atoms with Gasteiger partial charge >= 0.3 is 0 Å². The second kappa shape index (κ2) is 13.2. The first-order chi connectivity index (χ1) is 27.7. The molecule has 0 aromatic heterocycles. The molecule has 0 radical (unpaired) electrons. The van der Waals surface area contributed by atoms with Gasteiger partial charge in [0.05, 0.1) is 9.52 Å². The first-order valence-electron chi connectivity index (χ1n) is 19.7. The Morgan fingerprint density at radius 3 is 1.38 bits per heavy atom. The van der Waals surface area contributed by atoms with Gasteiger partial charge < -0.3 is 0 Å². The molecule has 0 atom stereocenters. The summed E-state index contributed by atoms with van der Waals surface area (Å²) in [7, 11) is -0.539. The average Bonchev–Trinajstić information content (AvgIpc) is 3.27. The zero-order valence-electron chi connectivity index (χ0n) is 31.3. The molecule has 1 heteroatoms. The summed E-state index contributed by atoms with van der Waals surface area (Å²) in [6.07, 6.45) is 0. The Kier molecular flexibility index (Phi) is 7.69. The largest absolute Gasteiger partial charge is 0.0708 e. The molecule has 0 saturated heterocycles. The molecule has 0 heterocycles. The van der Waals surface area contributed by atoms with Crippen LogP contribution in [0.2, 0.25) is 6.55 Å². The lowest BCUT2D eigenvalue weighted by molar-refractivity contribution is 1.64. The zero-order chi connectivity index (χ0) is 37.2. The van der Waals surface area contributed by atoms with Crippen molar-refractivity contribution in [3.8, 4) is 44.5 Å². The van der Waals surface area contributed by atoms with E-state index in [-0.39, 0.29) is 0 Å². The van der Waals surface area contributed by atoms with E-state index in [1.807, 2.05) is 0 Å². The van der Waals surface area contributed by atoms with Gasteiger partial charge in [0.15, 0.2) is 0 Å². The lowest BCUT2D eigenvalue weighted by atomic mass is 9.84. The van der Waals surface area contributed by atoms with Crippen LogP contribution < -0.4 is 5.19 Å². The summed E-state index contributed by atoms with van der Waals surface area (Å²) in [4.78, 5) is 0. The minimum Gasteiger partial charge on any atom is -0.0708 e. The van der Waals surface area contributed by atoms with Crippen molar-refractivity contribution in [3.63, 3.8) is 0 Å². The molecular formula is C55H38Si. The SMILES string of the molecule is C[SiH2]c1cc(-c2cc3ccccc3c3ccccc23)ccc1-c1ccc2c(-c3ccc4ccccc4c3)c3ccccc3c(-c3ccc4ccccc4c3)c2c1. The number of hydrogen-bond acceptors (Lipinski definition) is 0. The van der Waals surface area contributed by atoms with E-state index in [2.05, 4.69) is 207 Å². The molecule has 0 N–H and O–H groups in total. The molecule has 0 aliphatic carbocycles. The van der Waals surface area contributed by atoms with Gasteiger partial charge in [-0.25, -0.2) is 0 Å². The van der Waals surface area contributed by atoms with Gasteiger partial charge in [-0.3, -0.25) is 0 Å². The highest BCUT2D eigenvalue weighted by molar-refractivity contribution is 6.54. The Labute approximate surface area is 329 Å². The van der Waals surface area contributed by atoms with Crippen LogP contribution in [-0.4, -0.2) is 9.52 Å². The van der Waals surface area contributed by atoms with Gasteiger partial charge in [-0.15, -0.1) is 0 Å². The third-order valence-electron chi connectivity index (χ3n) is 12.0. The molecule has 0 spiro atoms. The minimum absolute atomic E-state index is 0.539. The van der Waals surface area contributed by atoms with E-state index in [9.17, 15) is 0 Å². The molecule has 0 nitrogen and oxygen atoms in total. The third-order valence-corrected chi connectivity index (χ3v) is 13.3. The summed E-state index contributed by atoms with van der Waals surface area (Å²) in [5, 5.41) is 16.9. The number of fused-ring (bicyclic) bond motifs is 7. The molecule has 0 amide bonds. The third kappa shape index (κ3) is 5.27. The molecule has 262 valence electrons. The Balaban J connectivity index is 1.16. The van der Waals surface area contributed by atoms with Gasteiger partial charge in [-0.05, 0) is 133 Å². The number of hydrogen-bond donors (Lipinski definition) is 0. The molecule has 56 heavy (non-hydrogen) atoms. The van der Waals surface area contributed by atoms with E-state index in [1.165, 1.54) is 114 Å². The van der Waals surface area contributed by atoms with Crippen molar-refractivity contribution in [1.29, 1.82) is 0 Å². The van der Waals surface area contributed by atoms with Crippen LogP contribution in [0, 0.1) is 0 Å². The van der Waals surface area contributed by atoms with Crippen molar-refractivity contribution in [1.82, 2.24) is 0 Å². The summed E-state index contributed by atoms with van der Waals surface area (Å²) < 4.78 is 0. The summed E-state index contributed by atoms with van der Waals surface area (Å²) in [5.41, 5.74) is 10.3. The van der Waals surface area contributed by atoms with Crippen molar-refractivity contribution < 1.29 is 0 Å². The van der Waals surface area contributed by atoms with Gasteiger partial charge in [0.1, 0.15) is 0 Å². The Hall–Kier alpha value is -6.80. The highest BCUT2D eigenvalue weighted by atomic mass is 28.2. The second-order valence-corrected chi connectivity index (χ2v) is 16.6. The van der Waals surface area contributed by atoms with Crippen molar-refractivity contribution >= 4 is 79.3 Å². The maximum absolute atomic E-state index is 2.49. The first kappa shape index (κ1) is 32.6. The predicted octanol–water partition coefficient (Wildman–Crippen LogP) is 14.1. The first-order valence-corrected chi connectivity index (χ1v) is 21.8. The molecule has 0 aliphatic heterocycles. The summed E-state index contributed by atoms with van der Waals surface area (Å²) in [6, 6.07) is 74.9. The topological polar surface area (TPSA) is 0 Å². The molecule has 0 fully saturated rings. The van der Waals surface area contributed by atoms with E-state index in [4.69, 9.17) is 0 Å². The van der Waals surface area contributed by atoms with Crippen molar-refractivity contribution in [2.45, 2.75) is 6.55 Å². The van der Waals surface area contributed by atoms with E-state index in [0.717, 1.165) is 0 Å². The Morgan fingerprint density at radius 2 is 0.732 bits per heavy atom. The molecule has 11 aromatic rings. The monoisotopic (exact) mass is 726 g/mol. The summed E-state index contributed by atoms with van der Waals surface area (Å²) in [6.45, 7) is 2.42. The molecule has 0 bridgehead atoms. The van der Waals surface area contributed by atoms with Crippen molar-refractivity contribution in [2.24, 2.45) is 0 Å². The number of rotatable bonds is 5. The Morgan fingerprint density at radius 1 is 0.268 bits per heavy atom. The standard InChI is InChI=1S/C55H38Si/c1-56-53-34-41(51-32-39-16-6-7-17-44(39)46-18-8-9-19-47(46)51)26-28-45(53)40-27-29-50-52(33-40)55(43-25-23-36-13-3-5-15-38(36)31-43)49-21-11-10-20-48(49)54(50)42-24-22-35-12-2-4-14-37(35)30-42/h2-34H,56H2,1H3. The van der Waals surface area contributed by atoms with E-state index in [1.54, 1.807) is 0 Å². The highest BCUT2D eigenvalue weighted by Gasteiger charge is 2.19. The summed E-state index contributed by atoms with van der Waals surface area (Å²) >= 11 is 0. The molecular weight excluding hydrogens is 689 g/mol. The normalized spacial score (nSPS) is 11.9.